The SMILES string of the molecule is CCCN(Cc1ccc(OC)c(Cl)c1)CC1CCCN1. The Morgan fingerprint density at radius 1 is 1.45 bits per heavy atom. The summed E-state index contributed by atoms with van der Waals surface area (Å²) in [5.41, 5.74) is 1.25. The topological polar surface area (TPSA) is 24.5 Å². The molecule has 1 fully saturated rings. The maximum absolute atomic E-state index is 6.20. The van der Waals surface area contributed by atoms with Crippen molar-refractivity contribution in [2.24, 2.45) is 0 Å². The van der Waals surface area contributed by atoms with E-state index in [1.165, 1.54) is 31.4 Å². The van der Waals surface area contributed by atoms with E-state index in [2.05, 4.69) is 23.2 Å². The van der Waals surface area contributed by atoms with E-state index < -0.39 is 0 Å². The molecule has 0 aromatic heterocycles. The average Bonchev–Trinajstić information content (AvgIpc) is 2.92. The molecule has 20 heavy (non-hydrogen) atoms. The minimum absolute atomic E-state index is 0.648. The molecule has 4 heteroatoms. The van der Waals surface area contributed by atoms with Crippen LogP contribution in [0.3, 0.4) is 0 Å². The quantitative estimate of drug-likeness (QED) is 0.835. The predicted molar refractivity (Wildman–Crippen MR) is 84.6 cm³/mol. The third kappa shape index (κ3) is 4.37. The van der Waals surface area contributed by atoms with Gasteiger partial charge in [-0.15, -0.1) is 0 Å². The lowest BCUT2D eigenvalue weighted by Gasteiger charge is -2.25. The Hall–Kier alpha value is -0.770. The van der Waals surface area contributed by atoms with Gasteiger partial charge in [0.15, 0.2) is 0 Å². The van der Waals surface area contributed by atoms with Gasteiger partial charge < -0.3 is 10.1 Å². The van der Waals surface area contributed by atoms with Gasteiger partial charge in [0.25, 0.3) is 0 Å². The van der Waals surface area contributed by atoms with Gasteiger partial charge in [-0.3, -0.25) is 4.90 Å². The van der Waals surface area contributed by atoms with Crippen LogP contribution in [0.25, 0.3) is 0 Å². The van der Waals surface area contributed by atoms with Crippen LogP contribution in [0.15, 0.2) is 18.2 Å². The highest BCUT2D eigenvalue weighted by molar-refractivity contribution is 6.32. The summed E-state index contributed by atoms with van der Waals surface area (Å²) in [6, 6.07) is 6.73. The van der Waals surface area contributed by atoms with Crippen molar-refractivity contribution in [2.75, 3.05) is 26.7 Å². The molecule has 0 saturated carbocycles. The van der Waals surface area contributed by atoms with Gasteiger partial charge in [0, 0.05) is 19.1 Å². The molecule has 0 aliphatic carbocycles. The minimum Gasteiger partial charge on any atom is -0.495 e. The van der Waals surface area contributed by atoms with Crippen LogP contribution in [-0.2, 0) is 6.54 Å². The first-order chi connectivity index (χ1) is 9.72. The lowest BCUT2D eigenvalue weighted by molar-refractivity contribution is 0.241. The molecule has 1 atom stereocenters. The zero-order valence-electron chi connectivity index (χ0n) is 12.5. The van der Waals surface area contributed by atoms with Gasteiger partial charge in [0.2, 0.25) is 0 Å². The number of nitrogens with one attached hydrogen (secondary N) is 1. The van der Waals surface area contributed by atoms with E-state index in [9.17, 15) is 0 Å². The first-order valence-corrected chi connectivity index (χ1v) is 7.89. The lowest BCUT2D eigenvalue weighted by Crippen LogP contribution is -2.37. The van der Waals surface area contributed by atoms with Crippen LogP contribution in [0.4, 0.5) is 0 Å². The second kappa shape index (κ2) is 7.87. The summed E-state index contributed by atoms with van der Waals surface area (Å²) in [6.07, 6.45) is 3.78. The summed E-state index contributed by atoms with van der Waals surface area (Å²) in [4.78, 5) is 2.52. The molecule has 1 aromatic rings. The van der Waals surface area contributed by atoms with Crippen molar-refractivity contribution in [1.82, 2.24) is 10.2 Å². The Morgan fingerprint density at radius 3 is 2.90 bits per heavy atom. The molecule has 1 saturated heterocycles. The number of ether oxygens (including phenoxy) is 1. The van der Waals surface area contributed by atoms with E-state index in [4.69, 9.17) is 16.3 Å². The van der Waals surface area contributed by atoms with E-state index in [0.29, 0.717) is 11.1 Å². The standard InChI is InChI=1S/C16H25ClN2O/c1-3-9-19(12-14-5-4-8-18-14)11-13-6-7-16(20-2)15(17)10-13/h6-7,10,14,18H,3-5,8-9,11-12H2,1-2H3. The summed E-state index contributed by atoms with van der Waals surface area (Å²) in [5, 5.41) is 4.27. The minimum atomic E-state index is 0.648. The van der Waals surface area contributed by atoms with Crippen LogP contribution in [0.1, 0.15) is 31.7 Å². The van der Waals surface area contributed by atoms with Crippen molar-refractivity contribution in [3.05, 3.63) is 28.8 Å². The summed E-state index contributed by atoms with van der Waals surface area (Å²) in [5.74, 6) is 0.745. The van der Waals surface area contributed by atoms with Crippen molar-refractivity contribution in [1.29, 1.82) is 0 Å². The molecule has 2 rings (SSSR count). The molecule has 1 aromatic carbocycles. The number of hydrogen-bond acceptors (Lipinski definition) is 3. The van der Waals surface area contributed by atoms with Gasteiger partial charge in [-0.25, -0.2) is 0 Å². The fourth-order valence-electron chi connectivity index (χ4n) is 2.84. The van der Waals surface area contributed by atoms with Crippen LogP contribution in [-0.4, -0.2) is 37.7 Å². The smallest absolute Gasteiger partial charge is 0.137 e. The number of methoxy groups -OCH3 is 1. The van der Waals surface area contributed by atoms with Gasteiger partial charge in [-0.05, 0) is 50.0 Å². The second-order valence-electron chi connectivity index (χ2n) is 5.50. The van der Waals surface area contributed by atoms with Crippen molar-refractivity contribution < 1.29 is 4.74 Å². The normalized spacial score (nSPS) is 18.7. The number of rotatable bonds is 7. The molecule has 0 radical (unpaired) electrons. The van der Waals surface area contributed by atoms with E-state index >= 15 is 0 Å². The van der Waals surface area contributed by atoms with Gasteiger partial charge in [0.05, 0.1) is 12.1 Å². The molecule has 1 unspecified atom stereocenters. The van der Waals surface area contributed by atoms with Crippen LogP contribution in [0.5, 0.6) is 5.75 Å². The molecule has 0 spiro atoms. The third-order valence-corrected chi connectivity index (χ3v) is 4.10. The third-order valence-electron chi connectivity index (χ3n) is 3.80. The maximum atomic E-state index is 6.20. The highest BCUT2D eigenvalue weighted by Crippen LogP contribution is 2.25. The van der Waals surface area contributed by atoms with Crippen LogP contribution in [0.2, 0.25) is 5.02 Å². The van der Waals surface area contributed by atoms with Crippen LogP contribution < -0.4 is 10.1 Å². The number of nitrogens with zero attached hydrogens (tertiary/aromatic N) is 1. The highest BCUT2D eigenvalue weighted by Gasteiger charge is 2.17. The summed E-state index contributed by atoms with van der Waals surface area (Å²) < 4.78 is 5.20. The van der Waals surface area contributed by atoms with E-state index in [1.807, 2.05) is 12.1 Å². The van der Waals surface area contributed by atoms with Crippen molar-refractivity contribution in [2.45, 2.75) is 38.8 Å². The van der Waals surface area contributed by atoms with E-state index in [1.54, 1.807) is 7.11 Å². The Bertz CT molecular complexity index is 419. The van der Waals surface area contributed by atoms with Gasteiger partial charge in [-0.1, -0.05) is 24.6 Å². The monoisotopic (exact) mass is 296 g/mol. The van der Waals surface area contributed by atoms with Gasteiger partial charge in [-0.2, -0.15) is 0 Å². The van der Waals surface area contributed by atoms with Gasteiger partial charge >= 0.3 is 0 Å². The average molecular weight is 297 g/mol. The summed E-state index contributed by atoms with van der Waals surface area (Å²) in [7, 11) is 1.65. The summed E-state index contributed by atoms with van der Waals surface area (Å²) >= 11 is 6.20. The van der Waals surface area contributed by atoms with Gasteiger partial charge in [0.1, 0.15) is 5.75 Å². The Balaban J connectivity index is 1.97. The molecule has 112 valence electrons. The molecule has 1 N–H and O–H groups in total. The number of halogens is 1. The van der Waals surface area contributed by atoms with Crippen LogP contribution in [0, 0.1) is 0 Å². The molecule has 0 bridgehead atoms. The molecule has 1 aliphatic heterocycles. The largest absolute Gasteiger partial charge is 0.495 e. The number of hydrogen-bond donors (Lipinski definition) is 1. The Kier molecular flexibility index (Phi) is 6.14. The molecule has 3 nitrogen and oxygen atoms in total. The Morgan fingerprint density at radius 2 is 2.30 bits per heavy atom. The highest BCUT2D eigenvalue weighted by atomic mass is 35.5. The molecule has 1 heterocycles. The molecular weight excluding hydrogens is 272 g/mol. The van der Waals surface area contributed by atoms with E-state index in [-0.39, 0.29) is 0 Å². The van der Waals surface area contributed by atoms with Crippen molar-refractivity contribution in [3.63, 3.8) is 0 Å². The Labute approximate surface area is 127 Å². The second-order valence-corrected chi connectivity index (χ2v) is 5.90. The van der Waals surface area contributed by atoms with Crippen molar-refractivity contribution in [3.8, 4) is 5.75 Å². The number of benzene rings is 1. The first kappa shape index (κ1) is 15.6. The van der Waals surface area contributed by atoms with Crippen molar-refractivity contribution >= 4 is 11.6 Å². The molecular formula is C16H25ClN2O. The zero-order valence-corrected chi connectivity index (χ0v) is 13.2. The predicted octanol–water partition coefficient (Wildman–Crippen LogP) is 3.31. The fraction of sp³-hybridized carbons (Fsp3) is 0.625. The fourth-order valence-corrected chi connectivity index (χ4v) is 3.12. The molecule has 1 aliphatic rings. The zero-order chi connectivity index (χ0) is 14.4. The van der Waals surface area contributed by atoms with Crippen LogP contribution >= 0.6 is 11.6 Å². The molecule has 0 amide bonds. The maximum Gasteiger partial charge on any atom is 0.137 e. The first-order valence-electron chi connectivity index (χ1n) is 7.51. The summed E-state index contributed by atoms with van der Waals surface area (Å²) in [6.45, 7) is 6.60. The lowest BCUT2D eigenvalue weighted by atomic mass is 10.1. The van der Waals surface area contributed by atoms with E-state index in [0.717, 1.165) is 25.4 Å².